The summed E-state index contributed by atoms with van der Waals surface area (Å²) in [7, 11) is 1.68. The van der Waals surface area contributed by atoms with Crippen molar-refractivity contribution in [1.82, 2.24) is 15.0 Å². The smallest absolute Gasteiger partial charge is 0.292 e. The van der Waals surface area contributed by atoms with Gasteiger partial charge in [-0.1, -0.05) is 35.0 Å². The number of carbonyl (C=O) groups excluding carboxylic acids is 1. The lowest BCUT2D eigenvalue weighted by Gasteiger charge is -2.16. The zero-order chi connectivity index (χ0) is 19.4. The Bertz CT molecular complexity index is 908. The second-order valence-corrected chi connectivity index (χ2v) is 6.69. The molecule has 0 fully saturated rings. The lowest BCUT2D eigenvalue weighted by Crippen LogP contribution is -2.29. The van der Waals surface area contributed by atoms with E-state index in [9.17, 15) is 9.90 Å². The molecule has 0 unspecified atom stereocenters. The summed E-state index contributed by atoms with van der Waals surface area (Å²) < 4.78 is 5.33. The molecule has 1 N–H and O–H groups in total. The van der Waals surface area contributed by atoms with E-state index in [0.29, 0.717) is 34.8 Å². The quantitative estimate of drug-likeness (QED) is 0.698. The van der Waals surface area contributed by atoms with Gasteiger partial charge in [0.15, 0.2) is 0 Å². The van der Waals surface area contributed by atoms with Crippen LogP contribution in [0.4, 0.5) is 0 Å². The highest BCUT2D eigenvalue weighted by Gasteiger charge is 2.28. The highest BCUT2D eigenvalue weighted by atomic mass is 35.5. The number of aliphatic hydroxyl groups excluding tert-OH is 1. The number of aromatic nitrogens is 2. The van der Waals surface area contributed by atoms with Gasteiger partial charge in [0.1, 0.15) is 5.69 Å². The number of rotatable bonds is 6. The average Bonchev–Trinajstić information content (AvgIpc) is 3.12. The van der Waals surface area contributed by atoms with Crippen LogP contribution in [0.15, 0.2) is 53.2 Å². The highest BCUT2D eigenvalue weighted by Crippen LogP contribution is 2.31. The molecule has 0 aliphatic carbocycles. The molecule has 0 saturated heterocycles. The predicted molar refractivity (Wildman–Crippen MR) is 102 cm³/mol. The van der Waals surface area contributed by atoms with Gasteiger partial charge in [0.25, 0.3) is 5.91 Å². The first-order valence-corrected chi connectivity index (χ1v) is 8.94. The maximum atomic E-state index is 12.8. The summed E-state index contributed by atoms with van der Waals surface area (Å²) in [5, 5.41) is 14.8. The van der Waals surface area contributed by atoms with Gasteiger partial charge in [-0.05, 0) is 31.2 Å². The van der Waals surface area contributed by atoms with Crippen LogP contribution in [-0.4, -0.2) is 39.6 Å². The van der Waals surface area contributed by atoms with Crippen LogP contribution in [0, 0.1) is 0 Å². The molecule has 3 aromatic rings. The van der Waals surface area contributed by atoms with Gasteiger partial charge >= 0.3 is 0 Å². The number of pyridine rings is 1. The minimum Gasteiger partial charge on any atom is -0.388 e. The van der Waals surface area contributed by atoms with Crippen molar-refractivity contribution in [3.05, 3.63) is 70.7 Å². The second kappa shape index (κ2) is 8.33. The molecule has 7 heteroatoms. The van der Waals surface area contributed by atoms with Crippen molar-refractivity contribution in [3.63, 3.8) is 0 Å². The van der Waals surface area contributed by atoms with Gasteiger partial charge in [-0.3, -0.25) is 9.78 Å². The molecule has 0 spiro atoms. The van der Waals surface area contributed by atoms with Crippen molar-refractivity contribution >= 4 is 17.5 Å². The molecular weight excluding hydrogens is 366 g/mol. The third-order valence-electron chi connectivity index (χ3n) is 4.23. The Kier molecular flexibility index (Phi) is 5.88. The van der Waals surface area contributed by atoms with Crippen molar-refractivity contribution in [2.75, 3.05) is 13.6 Å². The van der Waals surface area contributed by atoms with Crippen molar-refractivity contribution < 1.29 is 14.4 Å². The van der Waals surface area contributed by atoms with Gasteiger partial charge in [0.2, 0.25) is 5.76 Å². The van der Waals surface area contributed by atoms with E-state index in [0.717, 1.165) is 5.69 Å². The number of aliphatic hydroxyl groups is 1. The molecular formula is C20H20ClN3O3. The average molecular weight is 386 g/mol. The molecule has 1 aromatic carbocycles. The van der Waals surface area contributed by atoms with Crippen molar-refractivity contribution in [2.24, 2.45) is 0 Å². The SMILES string of the molecule is C[C@H](O)c1c(-c2ccc(Cl)cc2)noc1C(=O)N(C)CCc1ccccn1. The first kappa shape index (κ1) is 19.1. The Morgan fingerprint density at radius 3 is 2.63 bits per heavy atom. The Morgan fingerprint density at radius 1 is 1.26 bits per heavy atom. The Morgan fingerprint density at radius 2 is 2.00 bits per heavy atom. The zero-order valence-electron chi connectivity index (χ0n) is 15.1. The van der Waals surface area contributed by atoms with Gasteiger partial charge in [0, 0.05) is 42.5 Å². The van der Waals surface area contributed by atoms with Crippen LogP contribution in [0.1, 0.15) is 34.8 Å². The van der Waals surface area contributed by atoms with Gasteiger partial charge in [-0.15, -0.1) is 0 Å². The second-order valence-electron chi connectivity index (χ2n) is 6.25. The van der Waals surface area contributed by atoms with Crippen LogP contribution in [0.25, 0.3) is 11.3 Å². The van der Waals surface area contributed by atoms with Crippen molar-refractivity contribution in [1.29, 1.82) is 0 Å². The maximum Gasteiger partial charge on any atom is 0.292 e. The molecule has 2 heterocycles. The molecule has 0 radical (unpaired) electrons. The Hall–Kier alpha value is -2.70. The number of carbonyl (C=O) groups is 1. The number of halogens is 1. The maximum absolute atomic E-state index is 12.8. The summed E-state index contributed by atoms with van der Waals surface area (Å²) >= 11 is 5.92. The fourth-order valence-corrected chi connectivity index (χ4v) is 2.88. The van der Waals surface area contributed by atoms with Crippen LogP contribution >= 0.6 is 11.6 Å². The monoisotopic (exact) mass is 385 g/mol. The topological polar surface area (TPSA) is 79.5 Å². The number of hydrogen-bond donors (Lipinski definition) is 1. The standard InChI is InChI=1S/C20H20ClN3O3/c1-13(25)17-18(14-6-8-15(21)9-7-14)23-27-19(17)20(26)24(2)12-10-16-5-3-4-11-22-16/h3-9,11,13,25H,10,12H2,1-2H3/t13-/m0/s1. The lowest BCUT2D eigenvalue weighted by atomic mass is 10.0. The fraction of sp³-hybridized carbons (Fsp3) is 0.250. The van der Waals surface area contributed by atoms with E-state index < -0.39 is 6.10 Å². The number of likely N-dealkylation sites (N-methyl/N-ethyl adjacent to an activating group) is 1. The summed E-state index contributed by atoms with van der Waals surface area (Å²) in [6.07, 6.45) is 1.42. The molecule has 2 aromatic heterocycles. The fourth-order valence-electron chi connectivity index (χ4n) is 2.76. The normalized spacial score (nSPS) is 12.0. The van der Waals surface area contributed by atoms with Gasteiger partial charge in [-0.2, -0.15) is 0 Å². The zero-order valence-corrected chi connectivity index (χ0v) is 15.8. The van der Waals surface area contributed by atoms with E-state index in [1.807, 2.05) is 18.2 Å². The van der Waals surface area contributed by atoms with Gasteiger partial charge in [-0.25, -0.2) is 0 Å². The number of benzene rings is 1. The Balaban J connectivity index is 1.82. The minimum atomic E-state index is -0.912. The van der Waals surface area contributed by atoms with Crippen LogP contribution in [0.3, 0.4) is 0 Å². The molecule has 27 heavy (non-hydrogen) atoms. The summed E-state index contributed by atoms with van der Waals surface area (Å²) in [5.41, 5.74) is 2.41. The molecule has 1 amide bonds. The summed E-state index contributed by atoms with van der Waals surface area (Å²) in [6, 6.07) is 12.6. The lowest BCUT2D eigenvalue weighted by molar-refractivity contribution is 0.0746. The highest BCUT2D eigenvalue weighted by molar-refractivity contribution is 6.30. The van der Waals surface area contributed by atoms with Crippen LogP contribution < -0.4 is 0 Å². The molecule has 0 saturated carbocycles. The molecule has 140 valence electrons. The first-order chi connectivity index (χ1) is 13.0. The van der Waals surface area contributed by atoms with E-state index in [1.165, 1.54) is 4.90 Å². The molecule has 0 aliphatic rings. The van der Waals surface area contributed by atoms with E-state index in [-0.39, 0.29) is 11.7 Å². The van der Waals surface area contributed by atoms with Crippen LogP contribution in [-0.2, 0) is 6.42 Å². The van der Waals surface area contributed by atoms with E-state index >= 15 is 0 Å². The third-order valence-corrected chi connectivity index (χ3v) is 4.49. The van der Waals surface area contributed by atoms with Crippen molar-refractivity contribution in [3.8, 4) is 11.3 Å². The van der Waals surface area contributed by atoms with Crippen molar-refractivity contribution in [2.45, 2.75) is 19.4 Å². The van der Waals surface area contributed by atoms with Crippen LogP contribution in [0.2, 0.25) is 5.02 Å². The number of amides is 1. The molecule has 6 nitrogen and oxygen atoms in total. The largest absolute Gasteiger partial charge is 0.388 e. The number of hydrogen-bond acceptors (Lipinski definition) is 5. The molecule has 0 bridgehead atoms. The van der Waals surface area contributed by atoms with E-state index in [1.54, 1.807) is 44.4 Å². The van der Waals surface area contributed by atoms with E-state index in [2.05, 4.69) is 10.1 Å². The predicted octanol–water partition coefficient (Wildman–Crippen LogP) is 3.76. The third kappa shape index (κ3) is 4.35. The first-order valence-electron chi connectivity index (χ1n) is 8.56. The van der Waals surface area contributed by atoms with Crippen LogP contribution in [0.5, 0.6) is 0 Å². The van der Waals surface area contributed by atoms with Gasteiger partial charge < -0.3 is 14.5 Å². The molecule has 1 atom stereocenters. The minimum absolute atomic E-state index is 0.0403. The number of nitrogens with zero attached hydrogens (tertiary/aromatic N) is 3. The summed E-state index contributed by atoms with van der Waals surface area (Å²) in [4.78, 5) is 18.6. The Labute approximate surface area is 162 Å². The van der Waals surface area contributed by atoms with Gasteiger partial charge in [0.05, 0.1) is 11.7 Å². The summed E-state index contributed by atoms with van der Waals surface area (Å²) in [5.74, 6) is -0.298. The summed E-state index contributed by atoms with van der Waals surface area (Å²) in [6.45, 7) is 2.04. The van der Waals surface area contributed by atoms with E-state index in [4.69, 9.17) is 16.1 Å². The molecule has 3 rings (SSSR count). The molecule has 0 aliphatic heterocycles.